The highest BCUT2D eigenvalue weighted by molar-refractivity contribution is 5.85. The Kier molecular flexibility index (Phi) is 5.01. The van der Waals surface area contributed by atoms with Crippen molar-refractivity contribution in [3.8, 4) is 11.6 Å². The second kappa shape index (κ2) is 7.75. The summed E-state index contributed by atoms with van der Waals surface area (Å²) in [4.78, 5) is 23.9. The Morgan fingerprint density at radius 3 is 2.75 bits per heavy atom. The maximum Gasteiger partial charge on any atom is 0.373 e. The normalized spacial score (nSPS) is 14.8. The largest absolute Gasteiger partial charge is 0.431 e. The predicted molar refractivity (Wildman–Crippen MR) is 106 cm³/mol. The van der Waals surface area contributed by atoms with Gasteiger partial charge in [0.2, 0.25) is 5.82 Å². The summed E-state index contributed by atoms with van der Waals surface area (Å²) in [6, 6.07) is 9.49. The lowest BCUT2D eigenvalue weighted by Crippen LogP contribution is -2.23. The zero-order chi connectivity index (χ0) is 19.5. The quantitative estimate of drug-likeness (QED) is 0.502. The second-order valence-corrected chi connectivity index (χ2v) is 6.99. The first-order valence-corrected chi connectivity index (χ1v) is 9.42. The van der Waals surface area contributed by atoms with Gasteiger partial charge in [-0.2, -0.15) is 4.98 Å². The maximum atomic E-state index is 11.8. The fourth-order valence-electron chi connectivity index (χ4n) is 3.55. The van der Waals surface area contributed by atoms with Crippen LogP contribution in [-0.4, -0.2) is 25.9 Å². The minimum atomic E-state index is -0.496. The predicted octanol–water partition coefficient (Wildman–Crippen LogP) is 4.78. The molecule has 28 heavy (non-hydrogen) atoms. The van der Waals surface area contributed by atoms with E-state index in [0.717, 1.165) is 36.8 Å². The van der Waals surface area contributed by atoms with Crippen LogP contribution in [0.2, 0.25) is 0 Å². The van der Waals surface area contributed by atoms with E-state index in [1.807, 2.05) is 31.2 Å². The third-order valence-electron chi connectivity index (χ3n) is 4.95. The molecule has 1 N–H and O–H groups in total. The number of nitrogens with zero attached hydrogens (tertiary/aromatic N) is 4. The standard InChI is InChI=1S/C20H21N5O3/c1-13-10-11-14-6-5-9-16(17(14)23-13)28-20-18(25(26)27)19(21-12-22-20)24-15-7-3-2-4-8-15/h5-6,9-12,15H,2-4,7-8H2,1H3,(H,21,22,24). The lowest BCUT2D eigenvalue weighted by Gasteiger charge is -2.23. The topological polar surface area (TPSA) is 103 Å². The second-order valence-electron chi connectivity index (χ2n) is 6.99. The van der Waals surface area contributed by atoms with E-state index >= 15 is 0 Å². The van der Waals surface area contributed by atoms with Crippen LogP contribution in [0, 0.1) is 17.0 Å². The number of hydrogen-bond donors (Lipinski definition) is 1. The van der Waals surface area contributed by atoms with Gasteiger partial charge in [-0.15, -0.1) is 0 Å². The van der Waals surface area contributed by atoms with Crippen LogP contribution in [0.15, 0.2) is 36.7 Å². The van der Waals surface area contributed by atoms with E-state index in [0.29, 0.717) is 11.3 Å². The van der Waals surface area contributed by atoms with Gasteiger partial charge in [-0.1, -0.05) is 37.5 Å². The molecule has 8 nitrogen and oxygen atoms in total. The number of pyridine rings is 1. The van der Waals surface area contributed by atoms with Crippen LogP contribution in [0.25, 0.3) is 10.9 Å². The van der Waals surface area contributed by atoms with Crippen molar-refractivity contribution in [1.82, 2.24) is 15.0 Å². The highest BCUT2D eigenvalue weighted by Gasteiger charge is 2.27. The van der Waals surface area contributed by atoms with Gasteiger partial charge < -0.3 is 10.1 Å². The third-order valence-corrected chi connectivity index (χ3v) is 4.95. The molecule has 0 saturated heterocycles. The number of rotatable bonds is 5. The van der Waals surface area contributed by atoms with Crippen molar-refractivity contribution in [1.29, 1.82) is 0 Å². The molecule has 2 heterocycles. The van der Waals surface area contributed by atoms with Gasteiger partial charge in [0.1, 0.15) is 11.8 Å². The Bertz CT molecular complexity index is 1020. The molecule has 4 rings (SSSR count). The average molecular weight is 379 g/mol. The summed E-state index contributed by atoms with van der Waals surface area (Å²) in [6.07, 6.45) is 6.67. The number of anilines is 1. The van der Waals surface area contributed by atoms with Gasteiger partial charge in [0, 0.05) is 17.1 Å². The Hall–Kier alpha value is -3.29. The lowest BCUT2D eigenvalue weighted by atomic mass is 9.95. The molecule has 0 bridgehead atoms. The summed E-state index contributed by atoms with van der Waals surface area (Å²) in [5.41, 5.74) is 1.22. The van der Waals surface area contributed by atoms with Crippen molar-refractivity contribution in [2.75, 3.05) is 5.32 Å². The molecule has 1 aliphatic rings. The van der Waals surface area contributed by atoms with Gasteiger partial charge in [-0.3, -0.25) is 10.1 Å². The lowest BCUT2D eigenvalue weighted by molar-refractivity contribution is -0.385. The molecule has 1 saturated carbocycles. The first-order valence-electron chi connectivity index (χ1n) is 9.42. The molecule has 0 spiro atoms. The van der Waals surface area contributed by atoms with E-state index in [4.69, 9.17) is 4.74 Å². The molecule has 3 aromatic rings. The Balaban J connectivity index is 1.71. The van der Waals surface area contributed by atoms with E-state index < -0.39 is 4.92 Å². The number of para-hydroxylation sites is 1. The highest BCUT2D eigenvalue weighted by atomic mass is 16.6. The number of aromatic nitrogens is 3. The number of nitrogens with one attached hydrogen (secondary N) is 1. The van der Waals surface area contributed by atoms with E-state index in [1.54, 1.807) is 6.07 Å². The van der Waals surface area contributed by atoms with Crippen molar-refractivity contribution < 1.29 is 9.66 Å². The van der Waals surface area contributed by atoms with Crippen LogP contribution in [0.1, 0.15) is 37.8 Å². The van der Waals surface area contributed by atoms with Crippen LogP contribution in [0.5, 0.6) is 11.6 Å². The summed E-state index contributed by atoms with van der Waals surface area (Å²) in [5.74, 6) is 0.534. The highest BCUT2D eigenvalue weighted by Crippen LogP contribution is 2.37. The smallest absolute Gasteiger partial charge is 0.373 e. The van der Waals surface area contributed by atoms with Gasteiger partial charge in [0.25, 0.3) is 0 Å². The number of benzene rings is 1. The average Bonchev–Trinajstić information content (AvgIpc) is 2.69. The molecule has 2 aromatic heterocycles. The van der Waals surface area contributed by atoms with Crippen molar-refractivity contribution >= 4 is 22.4 Å². The van der Waals surface area contributed by atoms with Crippen LogP contribution in [-0.2, 0) is 0 Å². The van der Waals surface area contributed by atoms with Gasteiger partial charge in [-0.05, 0) is 31.9 Å². The molecule has 0 unspecified atom stereocenters. The van der Waals surface area contributed by atoms with Crippen molar-refractivity contribution in [3.63, 3.8) is 0 Å². The van der Waals surface area contributed by atoms with Gasteiger partial charge in [-0.25, -0.2) is 9.97 Å². The first-order chi connectivity index (χ1) is 13.6. The molecule has 8 heteroatoms. The van der Waals surface area contributed by atoms with Gasteiger partial charge in [0.15, 0.2) is 5.75 Å². The molecular formula is C20H21N5O3. The van der Waals surface area contributed by atoms with Crippen LogP contribution in [0.3, 0.4) is 0 Å². The number of ether oxygens (including phenoxy) is 1. The zero-order valence-electron chi connectivity index (χ0n) is 15.6. The van der Waals surface area contributed by atoms with Crippen molar-refractivity contribution in [2.24, 2.45) is 0 Å². The monoisotopic (exact) mass is 379 g/mol. The first kappa shape index (κ1) is 18.1. The Labute approximate surface area is 162 Å². The minimum absolute atomic E-state index is 0.0888. The molecule has 0 atom stereocenters. The summed E-state index contributed by atoms with van der Waals surface area (Å²) >= 11 is 0. The van der Waals surface area contributed by atoms with Gasteiger partial charge in [0.05, 0.1) is 4.92 Å². The molecule has 1 fully saturated rings. The van der Waals surface area contributed by atoms with Crippen LogP contribution >= 0.6 is 0 Å². The van der Waals surface area contributed by atoms with E-state index in [1.165, 1.54) is 12.7 Å². The number of hydrogen-bond acceptors (Lipinski definition) is 7. The SMILES string of the molecule is Cc1ccc2cccc(Oc3ncnc(NC4CCCCC4)c3[N+](=O)[O-])c2n1. The minimum Gasteiger partial charge on any atom is -0.431 e. The molecule has 0 radical (unpaired) electrons. The molecule has 0 aliphatic heterocycles. The molecule has 144 valence electrons. The zero-order valence-corrected chi connectivity index (χ0v) is 15.6. The maximum absolute atomic E-state index is 11.8. The van der Waals surface area contributed by atoms with E-state index in [-0.39, 0.29) is 23.4 Å². The molecule has 1 aromatic carbocycles. The molecule has 1 aliphatic carbocycles. The summed E-state index contributed by atoms with van der Waals surface area (Å²) in [6.45, 7) is 1.88. The Morgan fingerprint density at radius 1 is 1.14 bits per heavy atom. The fourth-order valence-corrected chi connectivity index (χ4v) is 3.55. The number of aryl methyl sites for hydroxylation is 1. The summed E-state index contributed by atoms with van der Waals surface area (Å²) < 4.78 is 5.87. The fraction of sp³-hybridized carbons (Fsp3) is 0.350. The van der Waals surface area contributed by atoms with Gasteiger partial charge >= 0.3 is 11.6 Å². The number of nitro groups is 1. The van der Waals surface area contributed by atoms with Crippen LogP contribution < -0.4 is 10.1 Å². The van der Waals surface area contributed by atoms with Crippen molar-refractivity contribution in [2.45, 2.75) is 45.1 Å². The van der Waals surface area contributed by atoms with Crippen molar-refractivity contribution in [3.05, 3.63) is 52.5 Å². The third kappa shape index (κ3) is 3.71. The Morgan fingerprint density at radius 2 is 1.96 bits per heavy atom. The molecular weight excluding hydrogens is 358 g/mol. The van der Waals surface area contributed by atoms with E-state index in [2.05, 4.69) is 20.3 Å². The van der Waals surface area contributed by atoms with Crippen LogP contribution in [0.4, 0.5) is 11.5 Å². The van der Waals surface area contributed by atoms with E-state index in [9.17, 15) is 10.1 Å². The summed E-state index contributed by atoms with van der Waals surface area (Å²) in [7, 11) is 0. The molecule has 0 amide bonds. The summed E-state index contributed by atoms with van der Waals surface area (Å²) in [5, 5.41) is 15.9. The number of fused-ring (bicyclic) bond motifs is 1.